The number of aromatic nitrogens is 1. The Morgan fingerprint density at radius 1 is 0.900 bits per heavy atom. The van der Waals surface area contributed by atoms with Gasteiger partial charge in [-0.3, -0.25) is 9.78 Å². The van der Waals surface area contributed by atoms with E-state index < -0.39 is 44.5 Å². The molecular formula is C33H29ClF3N5O7S. The normalized spacial score (nSPS) is 17.7. The van der Waals surface area contributed by atoms with Gasteiger partial charge < -0.3 is 29.3 Å². The molecule has 1 atom stereocenters. The molecule has 2 aliphatic heterocycles. The summed E-state index contributed by atoms with van der Waals surface area (Å²) in [4.78, 5) is 35.7. The molecule has 3 amide bonds. The smallest absolute Gasteiger partial charge is 0.497 e. The number of hydrogen-bond donors (Lipinski definition) is 1. The molecule has 0 bridgehead atoms. The summed E-state index contributed by atoms with van der Waals surface area (Å²) in [5.74, 6) is -2.38. The molecule has 0 aliphatic carbocycles. The number of urea groups is 1. The Morgan fingerprint density at radius 2 is 1.60 bits per heavy atom. The number of anilines is 2. The zero-order valence-corrected chi connectivity index (χ0v) is 28.1. The maximum absolute atomic E-state index is 15.0. The zero-order chi connectivity index (χ0) is 35.8. The number of pyridine rings is 1. The molecular weight excluding hydrogens is 703 g/mol. The van der Waals surface area contributed by atoms with E-state index in [1.165, 1.54) is 49.5 Å². The number of amides is 3. The average molecular weight is 732 g/mol. The highest BCUT2D eigenvalue weighted by atomic mass is 35.5. The van der Waals surface area contributed by atoms with E-state index in [9.17, 15) is 31.2 Å². The number of nitrogens with one attached hydrogen (secondary N) is 1. The van der Waals surface area contributed by atoms with E-state index in [2.05, 4.69) is 19.9 Å². The van der Waals surface area contributed by atoms with E-state index in [1.54, 1.807) is 24.5 Å². The third kappa shape index (κ3) is 6.20. The van der Waals surface area contributed by atoms with Crippen LogP contribution in [0.15, 0.2) is 90.1 Å². The van der Waals surface area contributed by atoms with Crippen LogP contribution >= 0.6 is 11.6 Å². The number of carbonyl (C=O) groups is 2. The largest absolute Gasteiger partial charge is 0.573 e. The highest BCUT2D eigenvalue weighted by Crippen LogP contribution is 2.51. The predicted molar refractivity (Wildman–Crippen MR) is 176 cm³/mol. The molecule has 0 spiro atoms. The van der Waals surface area contributed by atoms with Gasteiger partial charge in [0.2, 0.25) is 0 Å². The van der Waals surface area contributed by atoms with Crippen molar-refractivity contribution >= 4 is 44.9 Å². The highest BCUT2D eigenvalue weighted by molar-refractivity contribution is 7.93. The molecule has 1 fully saturated rings. The Bertz CT molecular complexity index is 2050. The number of nitrogens with zero attached hydrogens (tertiary/aromatic N) is 4. The summed E-state index contributed by atoms with van der Waals surface area (Å²) in [5, 5.41) is 2.88. The molecule has 1 unspecified atom stereocenters. The lowest BCUT2D eigenvalue weighted by Gasteiger charge is -2.38. The first-order valence-corrected chi connectivity index (χ1v) is 16.8. The quantitative estimate of drug-likeness (QED) is 0.261. The number of piperazine rings is 1. The van der Waals surface area contributed by atoms with Crippen LogP contribution in [0.4, 0.5) is 29.3 Å². The van der Waals surface area contributed by atoms with Crippen LogP contribution in [0.5, 0.6) is 17.2 Å². The lowest BCUT2D eigenvalue weighted by atomic mass is 9.83. The molecule has 12 nitrogen and oxygen atoms in total. The summed E-state index contributed by atoms with van der Waals surface area (Å²) < 4.78 is 84.5. The highest BCUT2D eigenvalue weighted by Gasteiger charge is 2.59. The van der Waals surface area contributed by atoms with Crippen molar-refractivity contribution in [1.29, 1.82) is 0 Å². The summed E-state index contributed by atoms with van der Waals surface area (Å²) in [7, 11) is -2.69. The van der Waals surface area contributed by atoms with E-state index in [-0.39, 0.29) is 46.4 Å². The summed E-state index contributed by atoms with van der Waals surface area (Å²) in [5.41, 5.74) is -1.63. The second kappa shape index (κ2) is 13.2. The van der Waals surface area contributed by atoms with Crippen molar-refractivity contribution in [2.24, 2.45) is 0 Å². The zero-order valence-electron chi connectivity index (χ0n) is 26.5. The lowest BCUT2D eigenvalue weighted by molar-refractivity contribution is -0.275. The van der Waals surface area contributed by atoms with Crippen LogP contribution in [0.2, 0.25) is 5.02 Å². The van der Waals surface area contributed by atoms with Gasteiger partial charge in [-0.15, -0.1) is 13.2 Å². The number of para-hydroxylation sites is 1. The van der Waals surface area contributed by atoms with E-state index >= 15 is 0 Å². The molecule has 50 heavy (non-hydrogen) atoms. The monoisotopic (exact) mass is 731 g/mol. The number of carbonyl (C=O) groups excluding carboxylic acids is 2. The van der Waals surface area contributed by atoms with Gasteiger partial charge in [0.15, 0.2) is 11.3 Å². The van der Waals surface area contributed by atoms with Crippen LogP contribution in [-0.4, -0.2) is 77.0 Å². The molecule has 262 valence electrons. The Morgan fingerprint density at radius 3 is 2.26 bits per heavy atom. The van der Waals surface area contributed by atoms with Crippen molar-refractivity contribution in [3.05, 3.63) is 101 Å². The summed E-state index contributed by atoms with van der Waals surface area (Å²) >= 11 is 6.43. The van der Waals surface area contributed by atoms with Crippen LogP contribution in [0.25, 0.3) is 0 Å². The molecule has 0 radical (unpaired) electrons. The van der Waals surface area contributed by atoms with Gasteiger partial charge >= 0.3 is 12.4 Å². The molecule has 17 heteroatoms. The number of sulfonamides is 1. The second-order valence-corrected chi connectivity index (χ2v) is 13.3. The molecule has 4 aromatic rings. The molecule has 6 rings (SSSR count). The van der Waals surface area contributed by atoms with Crippen molar-refractivity contribution in [3.8, 4) is 17.2 Å². The molecule has 1 N–H and O–H groups in total. The maximum Gasteiger partial charge on any atom is 0.573 e. The number of hydrogen-bond acceptors (Lipinski definition) is 9. The number of ether oxygens (including phenoxy) is 3. The van der Waals surface area contributed by atoms with Gasteiger partial charge in [0.25, 0.3) is 15.9 Å². The van der Waals surface area contributed by atoms with Gasteiger partial charge in [-0.1, -0.05) is 29.8 Å². The Balaban J connectivity index is 1.47. The predicted octanol–water partition coefficient (Wildman–Crippen LogP) is 5.16. The van der Waals surface area contributed by atoms with Crippen molar-refractivity contribution in [1.82, 2.24) is 15.2 Å². The Labute approximate surface area is 290 Å². The molecule has 3 heterocycles. The van der Waals surface area contributed by atoms with Gasteiger partial charge in [0, 0.05) is 66.5 Å². The van der Waals surface area contributed by atoms with Gasteiger partial charge in [-0.2, -0.15) is 4.31 Å². The van der Waals surface area contributed by atoms with E-state index in [0.29, 0.717) is 17.4 Å². The van der Waals surface area contributed by atoms with Gasteiger partial charge in [0.1, 0.15) is 16.4 Å². The standard InChI is InChI=1S/C33H29ClF3N5O7S/c1-47-23-8-10-29(28(20-23)49-33(35,36)37)50(45,46)42-26-9-7-21(34)19-25(26)32(30(42)43,24-5-3-4-6-27(24)48-2)39-31(44)41-17-15-40(16-18-41)22-11-13-38-14-12-22/h3-14,19-20H,15-18H2,1-2H3,(H,39,44). The minimum Gasteiger partial charge on any atom is -0.497 e. The summed E-state index contributed by atoms with van der Waals surface area (Å²) in [6, 6.07) is 15.7. The Kier molecular flexibility index (Phi) is 9.17. The first-order valence-electron chi connectivity index (χ1n) is 15.0. The van der Waals surface area contributed by atoms with E-state index in [1.807, 2.05) is 12.1 Å². The van der Waals surface area contributed by atoms with Crippen molar-refractivity contribution in [3.63, 3.8) is 0 Å². The molecule has 0 saturated carbocycles. The van der Waals surface area contributed by atoms with Gasteiger partial charge in [0.05, 0.1) is 19.9 Å². The average Bonchev–Trinajstić information content (AvgIpc) is 3.35. The lowest BCUT2D eigenvalue weighted by Crippen LogP contribution is -2.60. The molecule has 3 aromatic carbocycles. The Hall–Kier alpha value is -5.22. The number of alkyl halides is 3. The van der Waals surface area contributed by atoms with Crippen LogP contribution in [0.1, 0.15) is 11.1 Å². The van der Waals surface area contributed by atoms with Crippen LogP contribution < -0.4 is 28.7 Å². The van der Waals surface area contributed by atoms with E-state index in [0.717, 1.165) is 23.9 Å². The fraction of sp³-hybridized carbons (Fsp3) is 0.242. The van der Waals surface area contributed by atoms with Crippen LogP contribution in [0.3, 0.4) is 0 Å². The second-order valence-electron chi connectivity index (χ2n) is 11.2. The SMILES string of the molecule is COc1ccc(S(=O)(=O)N2C(=O)C(NC(=O)N3CCN(c4ccncc4)CC3)(c3ccccc3OC)c3cc(Cl)ccc32)c(OC(F)(F)F)c1. The minimum atomic E-state index is -5.30. The van der Waals surface area contributed by atoms with Crippen molar-refractivity contribution < 1.29 is 45.4 Å². The third-order valence-electron chi connectivity index (χ3n) is 8.38. The molecule has 1 saturated heterocycles. The fourth-order valence-corrected chi connectivity index (χ4v) is 7.83. The number of halogens is 4. The number of rotatable bonds is 8. The molecule has 2 aliphatic rings. The van der Waals surface area contributed by atoms with Crippen molar-refractivity contribution in [2.75, 3.05) is 49.6 Å². The summed E-state index contributed by atoms with van der Waals surface area (Å²) in [6.07, 6.45) is -1.99. The maximum atomic E-state index is 15.0. The number of fused-ring (bicyclic) bond motifs is 1. The van der Waals surface area contributed by atoms with Gasteiger partial charge in [-0.25, -0.2) is 13.2 Å². The third-order valence-corrected chi connectivity index (χ3v) is 10.4. The number of methoxy groups -OCH3 is 2. The molecule has 1 aromatic heterocycles. The number of benzene rings is 3. The first-order chi connectivity index (χ1) is 23.8. The topological polar surface area (TPSA) is 131 Å². The van der Waals surface area contributed by atoms with Gasteiger partial charge in [-0.05, 0) is 48.5 Å². The van der Waals surface area contributed by atoms with Crippen molar-refractivity contribution in [2.45, 2.75) is 16.8 Å². The van der Waals surface area contributed by atoms with E-state index in [4.69, 9.17) is 21.1 Å². The fourth-order valence-electron chi connectivity index (χ4n) is 6.10. The van der Waals surface area contributed by atoms with Crippen LogP contribution in [0, 0.1) is 0 Å². The van der Waals surface area contributed by atoms with Crippen LogP contribution in [-0.2, 0) is 20.4 Å². The summed E-state index contributed by atoms with van der Waals surface area (Å²) in [6.45, 7) is 1.35. The minimum absolute atomic E-state index is 0.0546. The first kappa shape index (κ1) is 34.6.